The zero-order chi connectivity index (χ0) is 12.6. The van der Waals surface area contributed by atoms with Crippen molar-refractivity contribution in [2.75, 3.05) is 0 Å². The molecule has 1 N–H and O–H groups in total. The topological polar surface area (TPSA) is 55.1 Å². The van der Waals surface area contributed by atoms with Crippen molar-refractivity contribution in [2.45, 2.75) is 45.8 Å². The first-order valence-electron chi connectivity index (χ1n) is 5.97. The normalized spacial score (nSPS) is 17.2. The van der Waals surface area contributed by atoms with Gasteiger partial charge in [-0.25, -0.2) is 0 Å². The number of carbonyl (C=O) groups is 1. The fourth-order valence-electron chi connectivity index (χ4n) is 1.98. The predicted molar refractivity (Wildman–Crippen MR) is 67.8 cm³/mol. The van der Waals surface area contributed by atoms with E-state index >= 15 is 0 Å². The van der Waals surface area contributed by atoms with Gasteiger partial charge in [-0.15, -0.1) is 0 Å². The highest BCUT2D eigenvalue weighted by molar-refractivity contribution is 9.10. The number of aliphatic hydroxyl groups excluding tert-OH is 1. The molecule has 1 saturated carbocycles. The van der Waals surface area contributed by atoms with Crippen LogP contribution in [0.2, 0.25) is 0 Å². The summed E-state index contributed by atoms with van der Waals surface area (Å²) in [6.45, 7) is 4.63. The van der Waals surface area contributed by atoms with Crippen LogP contribution < -0.4 is 0 Å². The van der Waals surface area contributed by atoms with Crippen LogP contribution in [-0.4, -0.2) is 26.8 Å². The van der Waals surface area contributed by atoms with Crippen molar-refractivity contribution < 1.29 is 9.90 Å². The second-order valence-electron chi connectivity index (χ2n) is 4.59. The molecule has 94 valence electrons. The van der Waals surface area contributed by atoms with Crippen LogP contribution in [0.3, 0.4) is 0 Å². The quantitative estimate of drug-likeness (QED) is 0.903. The van der Waals surface area contributed by atoms with E-state index in [1.54, 1.807) is 0 Å². The Morgan fingerprint density at radius 1 is 1.65 bits per heavy atom. The molecule has 4 nitrogen and oxygen atoms in total. The molecular formula is C12H17BrN2O2. The number of halogens is 1. The molecule has 17 heavy (non-hydrogen) atoms. The lowest BCUT2D eigenvalue weighted by molar-refractivity contribution is -0.127. The third kappa shape index (κ3) is 2.60. The molecule has 5 heteroatoms. The number of ketones is 1. The number of hydrogen-bond donors (Lipinski definition) is 1. The third-order valence-electron chi connectivity index (χ3n) is 3.19. The van der Waals surface area contributed by atoms with Gasteiger partial charge in [0.1, 0.15) is 6.10 Å². The molecule has 2 rings (SSSR count). The average Bonchev–Trinajstić information content (AvgIpc) is 3.11. The lowest BCUT2D eigenvalue weighted by atomic mass is 10.1. The Morgan fingerprint density at radius 3 is 2.82 bits per heavy atom. The van der Waals surface area contributed by atoms with Gasteiger partial charge >= 0.3 is 0 Å². The smallest absolute Gasteiger partial charge is 0.167 e. The Bertz CT molecular complexity index is 438. The number of aromatic nitrogens is 2. The molecule has 0 radical (unpaired) electrons. The molecule has 0 spiro atoms. The summed E-state index contributed by atoms with van der Waals surface area (Å²) in [4.78, 5) is 11.9. The summed E-state index contributed by atoms with van der Waals surface area (Å²) in [6.07, 6.45) is 1.41. The largest absolute Gasteiger partial charge is 0.385 e. The highest BCUT2D eigenvalue weighted by Crippen LogP contribution is 2.33. The van der Waals surface area contributed by atoms with Crippen LogP contribution in [0, 0.1) is 12.8 Å². The van der Waals surface area contributed by atoms with Crippen molar-refractivity contribution in [1.82, 2.24) is 9.78 Å². The minimum atomic E-state index is -0.789. The number of rotatable bonds is 5. The van der Waals surface area contributed by atoms with E-state index < -0.39 is 6.10 Å². The lowest BCUT2D eigenvalue weighted by Gasteiger charge is -2.09. The van der Waals surface area contributed by atoms with Crippen molar-refractivity contribution in [3.8, 4) is 0 Å². The molecule has 1 atom stereocenters. The van der Waals surface area contributed by atoms with E-state index in [4.69, 9.17) is 0 Å². The SMILES string of the molecule is CCn1nc(C)c(Br)c1CC(=O)C(O)C1CC1. The molecular weight excluding hydrogens is 284 g/mol. The molecule has 0 amide bonds. The first kappa shape index (κ1) is 12.8. The highest BCUT2D eigenvalue weighted by atomic mass is 79.9. The molecule has 1 aliphatic rings. The Balaban J connectivity index is 2.14. The number of Topliss-reactive ketones (excluding diaryl/α,β-unsaturated/α-hetero) is 1. The van der Waals surface area contributed by atoms with Crippen LogP contribution in [0.4, 0.5) is 0 Å². The number of nitrogens with zero attached hydrogens (tertiary/aromatic N) is 2. The average molecular weight is 301 g/mol. The summed E-state index contributed by atoms with van der Waals surface area (Å²) in [5, 5.41) is 14.1. The third-order valence-corrected chi connectivity index (χ3v) is 4.22. The second kappa shape index (κ2) is 4.90. The molecule has 1 unspecified atom stereocenters. The zero-order valence-corrected chi connectivity index (χ0v) is 11.7. The molecule has 0 bridgehead atoms. The van der Waals surface area contributed by atoms with Crippen LogP contribution in [0.25, 0.3) is 0 Å². The minimum Gasteiger partial charge on any atom is -0.385 e. The predicted octanol–water partition coefficient (Wildman–Crippen LogP) is 1.86. The van der Waals surface area contributed by atoms with Crippen LogP contribution >= 0.6 is 15.9 Å². The van der Waals surface area contributed by atoms with Crippen LogP contribution in [0.1, 0.15) is 31.2 Å². The number of carbonyl (C=O) groups excluding carboxylic acids is 1. The van der Waals surface area contributed by atoms with E-state index in [-0.39, 0.29) is 18.1 Å². The Morgan fingerprint density at radius 2 is 2.29 bits per heavy atom. The summed E-state index contributed by atoms with van der Waals surface area (Å²) in [7, 11) is 0. The van der Waals surface area contributed by atoms with Crippen molar-refractivity contribution in [3.05, 3.63) is 15.9 Å². The van der Waals surface area contributed by atoms with Gasteiger partial charge in [0.25, 0.3) is 0 Å². The van der Waals surface area contributed by atoms with E-state index in [1.807, 2.05) is 18.5 Å². The molecule has 1 aromatic rings. The minimum absolute atomic E-state index is 0.0946. The van der Waals surface area contributed by atoms with E-state index in [9.17, 15) is 9.90 Å². The fourth-order valence-corrected chi connectivity index (χ4v) is 2.41. The number of aryl methyl sites for hydroxylation is 2. The van der Waals surface area contributed by atoms with Crippen LogP contribution in [0.5, 0.6) is 0 Å². The van der Waals surface area contributed by atoms with Gasteiger partial charge in [0, 0.05) is 6.54 Å². The van der Waals surface area contributed by atoms with Gasteiger partial charge in [-0.05, 0) is 48.5 Å². The summed E-state index contributed by atoms with van der Waals surface area (Å²) < 4.78 is 2.70. The number of hydrogen-bond acceptors (Lipinski definition) is 3. The zero-order valence-electron chi connectivity index (χ0n) is 10.1. The number of aliphatic hydroxyl groups is 1. The van der Waals surface area contributed by atoms with E-state index in [1.165, 1.54) is 0 Å². The molecule has 0 aromatic carbocycles. The molecule has 0 saturated heterocycles. The Labute approximate surface area is 109 Å². The van der Waals surface area contributed by atoms with E-state index in [0.29, 0.717) is 0 Å². The maximum atomic E-state index is 11.9. The van der Waals surface area contributed by atoms with Crippen LogP contribution in [-0.2, 0) is 17.8 Å². The summed E-state index contributed by atoms with van der Waals surface area (Å²) in [5.41, 5.74) is 1.75. The first-order chi connectivity index (χ1) is 8.04. The van der Waals surface area contributed by atoms with Gasteiger partial charge in [0.15, 0.2) is 5.78 Å². The van der Waals surface area contributed by atoms with E-state index in [2.05, 4.69) is 21.0 Å². The summed E-state index contributed by atoms with van der Waals surface area (Å²) in [5.74, 6) is 0.100. The van der Waals surface area contributed by atoms with Gasteiger partial charge in [0.05, 0.1) is 22.3 Å². The van der Waals surface area contributed by atoms with Gasteiger partial charge < -0.3 is 5.11 Å². The molecule has 0 aliphatic heterocycles. The first-order valence-corrected chi connectivity index (χ1v) is 6.76. The standard InChI is InChI=1S/C12H17BrN2O2/c1-3-15-9(11(13)7(2)14-15)6-10(16)12(17)8-4-5-8/h8,12,17H,3-6H2,1-2H3. The Kier molecular flexibility index (Phi) is 3.68. The monoisotopic (exact) mass is 300 g/mol. The lowest BCUT2D eigenvalue weighted by Crippen LogP contribution is -2.25. The van der Waals surface area contributed by atoms with Crippen LogP contribution in [0.15, 0.2) is 4.47 Å². The summed E-state index contributed by atoms with van der Waals surface area (Å²) in [6, 6.07) is 0. The molecule has 1 fully saturated rings. The van der Waals surface area contributed by atoms with Crippen molar-refractivity contribution in [3.63, 3.8) is 0 Å². The maximum Gasteiger partial charge on any atom is 0.167 e. The molecule has 1 aliphatic carbocycles. The maximum absolute atomic E-state index is 11.9. The van der Waals surface area contributed by atoms with Gasteiger partial charge in [-0.3, -0.25) is 9.48 Å². The van der Waals surface area contributed by atoms with Crippen molar-refractivity contribution in [1.29, 1.82) is 0 Å². The second-order valence-corrected chi connectivity index (χ2v) is 5.38. The Hall–Kier alpha value is -0.680. The molecule has 1 aromatic heterocycles. The van der Waals surface area contributed by atoms with E-state index in [0.717, 1.165) is 35.2 Å². The van der Waals surface area contributed by atoms with Gasteiger partial charge in [0.2, 0.25) is 0 Å². The van der Waals surface area contributed by atoms with Gasteiger partial charge in [-0.2, -0.15) is 5.10 Å². The summed E-state index contributed by atoms with van der Waals surface area (Å²) >= 11 is 3.45. The fraction of sp³-hybridized carbons (Fsp3) is 0.667. The van der Waals surface area contributed by atoms with Crippen molar-refractivity contribution in [2.24, 2.45) is 5.92 Å². The highest BCUT2D eigenvalue weighted by Gasteiger charge is 2.35. The van der Waals surface area contributed by atoms with Crippen molar-refractivity contribution >= 4 is 21.7 Å². The van der Waals surface area contributed by atoms with Gasteiger partial charge in [-0.1, -0.05) is 0 Å². The molecule has 1 heterocycles.